The average Bonchev–Trinajstić information content (AvgIpc) is 2.39. The van der Waals surface area contributed by atoms with Crippen LogP contribution in [0.1, 0.15) is 0 Å². The van der Waals surface area contributed by atoms with Gasteiger partial charge in [0, 0.05) is 26.2 Å². The predicted molar refractivity (Wildman–Crippen MR) is 69.0 cm³/mol. The molecule has 0 spiro atoms. The number of hydrogen-bond acceptors (Lipinski definition) is 6. The minimum Gasteiger partial charge on any atom is -0.378 e. The van der Waals surface area contributed by atoms with E-state index in [0.717, 1.165) is 26.2 Å². The van der Waals surface area contributed by atoms with Crippen LogP contribution in [0.25, 0.3) is 0 Å². The molecular formula is C12H26EuN2O4+2. The van der Waals surface area contributed by atoms with E-state index in [1.165, 1.54) is 0 Å². The Labute approximate surface area is 156 Å². The van der Waals surface area contributed by atoms with Crippen molar-refractivity contribution in [3.8, 4) is 0 Å². The van der Waals surface area contributed by atoms with Gasteiger partial charge in [-0.05, 0) is 0 Å². The van der Waals surface area contributed by atoms with Gasteiger partial charge in [0.1, 0.15) is 0 Å². The van der Waals surface area contributed by atoms with E-state index < -0.39 is 0 Å². The molecule has 7 heteroatoms. The summed E-state index contributed by atoms with van der Waals surface area (Å²) in [6.07, 6.45) is 0. The average molecular weight is 414 g/mol. The van der Waals surface area contributed by atoms with Gasteiger partial charge in [-0.3, -0.25) is 0 Å². The molecular weight excluding hydrogens is 388 g/mol. The summed E-state index contributed by atoms with van der Waals surface area (Å²) in [5.41, 5.74) is 0. The molecule has 19 heavy (non-hydrogen) atoms. The van der Waals surface area contributed by atoms with Crippen LogP contribution in [-0.2, 0) is 18.9 Å². The topological polar surface area (TPSA) is 61.0 Å². The van der Waals surface area contributed by atoms with Crippen molar-refractivity contribution >= 4 is 0 Å². The van der Waals surface area contributed by atoms with Crippen molar-refractivity contribution in [1.29, 1.82) is 0 Å². The molecule has 113 valence electrons. The first kappa shape index (κ1) is 20.3. The van der Waals surface area contributed by atoms with Gasteiger partial charge in [0.2, 0.25) is 0 Å². The van der Waals surface area contributed by atoms with E-state index in [4.69, 9.17) is 18.9 Å². The molecule has 1 aliphatic rings. The second-order valence-corrected chi connectivity index (χ2v) is 3.95. The first-order valence-corrected chi connectivity index (χ1v) is 6.72. The normalized spacial score (nSPS) is 22.7. The smallest absolute Gasteiger partial charge is 0.378 e. The van der Waals surface area contributed by atoms with Crippen LogP contribution in [0.15, 0.2) is 0 Å². The fourth-order valence-electron chi connectivity index (χ4n) is 1.47. The van der Waals surface area contributed by atoms with Crippen molar-refractivity contribution in [2.45, 2.75) is 0 Å². The van der Waals surface area contributed by atoms with Crippen LogP contribution in [0.5, 0.6) is 0 Å². The molecule has 0 bridgehead atoms. The summed E-state index contributed by atoms with van der Waals surface area (Å²) in [7, 11) is 0. The SMILES string of the molecule is C1COCCOCCNCCOCCOCCN1.[Eu+2]. The quantitative estimate of drug-likeness (QED) is 0.544. The number of rotatable bonds is 0. The fraction of sp³-hybridized carbons (Fsp3) is 1.00. The van der Waals surface area contributed by atoms with Crippen molar-refractivity contribution in [3.05, 3.63) is 0 Å². The maximum Gasteiger partial charge on any atom is 2.00 e. The zero-order valence-corrected chi connectivity index (χ0v) is 13.9. The Morgan fingerprint density at radius 3 is 0.947 bits per heavy atom. The van der Waals surface area contributed by atoms with Crippen molar-refractivity contribution in [1.82, 2.24) is 10.6 Å². The maximum atomic E-state index is 5.41. The van der Waals surface area contributed by atoms with Gasteiger partial charge in [-0.1, -0.05) is 0 Å². The standard InChI is InChI=1S/C12H26N2O4.Eu/c1-5-15-9-10-17-7-3-14-4-8-18-12-11-16-6-2-13-1;/h13-14H,1-12H2;/q;+2. The van der Waals surface area contributed by atoms with Gasteiger partial charge < -0.3 is 29.6 Å². The van der Waals surface area contributed by atoms with Crippen LogP contribution in [0, 0.1) is 49.4 Å². The minimum absolute atomic E-state index is 0. The third kappa shape index (κ3) is 15.6. The van der Waals surface area contributed by atoms with Crippen LogP contribution in [-0.4, -0.2) is 79.0 Å². The van der Waals surface area contributed by atoms with Crippen LogP contribution in [0.4, 0.5) is 0 Å². The van der Waals surface area contributed by atoms with E-state index in [-0.39, 0.29) is 49.4 Å². The van der Waals surface area contributed by atoms with E-state index in [1.54, 1.807) is 0 Å². The van der Waals surface area contributed by atoms with E-state index in [2.05, 4.69) is 10.6 Å². The van der Waals surface area contributed by atoms with Crippen LogP contribution in [0.2, 0.25) is 0 Å². The molecule has 1 saturated heterocycles. The Hall–Kier alpha value is 1.34. The summed E-state index contributed by atoms with van der Waals surface area (Å²) in [5, 5.41) is 6.50. The van der Waals surface area contributed by atoms with Gasteiger partial charge in [0.05, 0.1) is 52.9 Å². The molecule has 1 aliphatic heterocycles. The van der Waals surface area contributed by atoms with Crippen LogP contribution < -0.4 is 10.6 Å². The molecule has 0 aromatic rings. The van der Waals surface area contributed by atoms with Gasteiger partial charge in [0.25, 0.3) is 0 Å². The van der Waals surface area contributed by atoms with Crippen molar-refractivity contribution < 1.29 is 68.3 Å². The summed E-state index contributed by atoms with van der Waals surface area (Å²) in [4.78, 5) is 0. The van der Waals surface area contributed by atoms with E-state index in [9.17, 15) is 0 Å². The molecule has 0 atom stereocenters. The molecule has 1 heterocycles. The molecule has 0 saturated carbocycles. The van der Waals surface area contributed by atoms with Gasteiger partial charge >= 0.3 is 49.4 Å². The summed E-state index contributed by atoms with van der Waals surface area (Å²) in [6.45, 7) is 8.86. The largest absolute Gasteiger partial charge is 2.00 e. The Kier molecular flexibility index (Phi) is 18.6. The number of nitrogens with one attached hydrogen (secondary N) is 2. The number of ether oxygens (including phenoxy) is 4. The molecule has 0 amide bonds. The summed E-state index contributed by atoms with van der Waals surface area (Å²) in [5.74, 6) is 0. The third-order valence-electron chi connectivity index (χ3n) is 2.44. The molecule has 0 aromatic heterocycles. The molecule has 0 aromatic carbocycles. The monoisotopic (exact) mass is 415 g/mol. The molecule has 6 nitrogen and oxygen atoms in total. The van der Waals surface area contributed by atoms with Crippen LogP contribution >= 0.6 is 0 Å². The summed E-state index contributed by atoms with van der Waals surface area (Å²) in [6, 6.07) is 0. The second kappa shape index (κ2) is 17.4. The summed E-state index contributed by atoms with van der Waals surface area (Å²) >= 11 is 0. The van der Waals surface area contributed by atoms with Crippen molar-refractivity contribution in [3.63, 3.8) is 0 Å². The molecule has 1 fully saturated rings. The Bertz CT molecular complexity index is 103. The number of hydrogen-bond donors (Lipinski definition) is 2. The summed E-state index contributed by atoms with van der Waals surface area (Å²) < 4.78 is 21.6. The van der Waals surface area contributed by atoms with Gasteiger partial charge in [0.15, 0.2) is 0 Å². The van der Waals surface area contributed by atoms with E-state index >= 15 is 0 Å². The molecule has 2 N–H and O–H groups in total. The van der Waals surface area contributed by atoms with Gasteiger partial charge in [-0.25, -0.2) is 0 Å². The first-order chi connectivity index (χ1) is 9.00. The van der Waals surface area contributed by atoms with E-state index in [1.807, 2.05) is 0 Å². The third-order valence-corrected chi connectivity index (χ3v) is 2.44. The molecule has 0 aliphatic carbocycles. The van der Waals surface area contributed by atoms with E-state index in [0.29, 0.717) is 52.9 Å². The fourth-order valence-corrected chi connectivity index (χ4v) is 1.47. The molecule has 0 unspecified atom stereocenters. The Balaban J connectivity index is 0.00000324. The minimum atomic E-state index is 0. The molecule has 1 rings (SSSR count). The second-order valence-electron chi connectivity index (χ2n) is 3.95. The van der Waals surface area contributed by atoms with Gasteiger partial charge in [-0.2, -0.15) is 0 Å². The van der Waals surface area contributed by atoms with Crippen molar-refractivity contribution in [2.75, 3.05) is 79.0 Å². The van der Waals surface area contributed by atoms with Crippen LogP contribution in [0.3, 0.4) is 0 Å². The Morgan fingerprint density at radius 2 is 0.684 bits per heavy atom. The predicted octanol–water partition coefficient (Wildman–Crippen LogP) is -0.754. The van der Waals surface area contributed by atoms with Crippen molar-refractivity contribution in [2.24, 2.45) is 0 Å². The zero-order valence-electron chi connectivity index (χ0n) is 11.5. The zero-order chi connectivity index (χ0) is 12.7. The molecule has 1 radical (unpaired) electrons. The van der Waals surface area contributed by atoms with Gasteiger partial charge in [-0.15, -0.1) is 0 Å². The Morgan fingerprint density at radius 1 is 0.421 bits per heavy atom. The maximum absolute atomic E-state index is 5.41. The first-order valence-electron chi connectivity index (χ1n) is 6.72.